The molecule has 1 aromatic rings. The molecular formula is C13H13F2NO4. The van der Waals surface area contributed by atoms with Crippen molar-refractivity contribution in [2.75, 3.05) is 5.32 Å². The van der Waals surface area contributed by atoms with Crippen LogP contribution in [0.15, 0.2) is 12.1 Å². The van der Waals surface area contributed by atoms with E-state index in [2.05, 4.69) is 5.32 Å². The van der Waals surface area contributed by atoms with Crippen LogP contribution in [-0.2, 0) is 9.53 Å². The molecule has 0 aromatic heterocycles. The van der Waals surface area contributed by atoms with E-state index in [1.165, 1.54) is 0 Å². The molecule has 1 aliphatic heterocycles. The third-order valence-corrected chi connectivity index (χ3v) is 3.07. The first-order valence-electron chi connectivity index (χ1n) is 6.07. The molecule has 1 heterocycles. The van der Waals surface area contributed by atoms with Crippen molar-refractivity contribution >= 4 is 17.6 Å². The van der Waals surface area contributed by atoms with Crippen LogP contribution in [0.25, 0.3) is 0 Å². The molecular weight excluding hydrogens is 272 g/mol. The topological polar surface area (TPSA) is 75.6 Å². The third-order valence-electron chi connectivity index (χ3n) is 3.07. The Balaban J connectivity index is 2.18. The molecule has 1 fully saturated rings. The zero-order valence-corrected chi connectivity index (χ0v) is 10.7. The Morgan fingerprint density at radius 3 is 2.55 bits per heavy atom. The molecule has 0 aliphatic carbocycles. The minimum atomic E-state index is -1.54. The molecule has 2 rings (SSSR count). The van der Waals surface area contributed by atoms with Gasteiger partial charge in [0.1, 0.15) is 17.7 Å². The lowest BCUT2D eigenvalue weighted by molar-refractivity contribution is -0.126. The molecule has 2 N–H and O–H groups in total. The molecule has 20 heavy (non-hydrogen) atoms. The number of nitrogens with one attached hydrogen (secondary N) is 1. The Morgan fingerprint density at radius 1 is 1.30 bits per heavy atom. The molecule has 2 unspecified atom stereocenters. The fourth-order valence-electron chi connectivity index (χ4n) is 2.02. The summed E-state index contributed by atoms with van der Waals surface area (Å²) < 4.78 is 32.1. The van der Waals surface area contributed by atoms with Crippen LogP contribution in [0.3, 0.4) is 0 Å². The van der Waals surface area contributed by atoms with E-state index < -0.39 is 35.2 Å². The highest BCUT2D eigenvalue weighted by Crippen LogP contribution is 2.23. The number of carboxylic acids is 1. The summed E-state index contributed by atoms with van der Waals surface area (Å²) >= 11 is 0. The van der Waals surface area contributed by atoms with Gasteiger partial charge in [-0.3, -0.25) is 4.79 Å². The molecule has 2 atom stereocenters. The molecule has 0 spiro atoms. The maximum absolute atomic E-state index is 13.5. The van der Waals surface area contributed by atoms with E-state index in [0.717, 1.165) is 6.07 Å². The molecule has 1 saturated heterocycles. The Kier molecular flexibility index (Phi) is 3.99. The number of carbonyl (C=O) groups excluding carboxylic acids is 1. The van der Waals surface area contributed by atoms with E-state index >= 15 is 0 Å². The SMILES string of the molecule is CC1CCC(C(=O)Nc2cc(C(=O)O)c(F)cc2F)O1. The van der Waals surface area contributed by atoms with E-state index in [4.69, 9.17) is 9.84 Å². The van der Waals surface area contributed by atoms with Crippen LogP contribution in [0, 0.1) is 11.6 Å². The molecule has 0 bridgehead atoms. The monoisotopic (exact) mass is 285 g/mol. The fourth-order valence-corrected chi connectivity index (χ4v) is 2.02. The Morgan fingerprint density at radius 2 is 2.00 bits per heavy atom. The van der Waals surface area contributed by atoms with Crippen LogP contribution in [0.5, 0.6) is 0 Å². The summed E-state index contributed by atoms with van der Waals surface area (Å²) in [6.45, 7) is 1.81. The van der Waals surface area contributed by atoms with Crippen molar-refractivity contribution in [3.8, 4) is 0 Å². The molecule has 1 amide bonds. The molecule has 1 aliphatic rings. The smallest absolute Gasteiger partial charge is 0.338 e. The van der Waals surface area contributed by atoms with Gasteiger partial charge >= 0.3 is 5.97 Å². The van der Waals surface area contributed by atoms with E-state index in [-0.39, 0.29) is 11.8 Å². The van der Waals surface area contributed by atoms with Gasteiger partial charge in [-0.15, -0.1) is 0 Å². The van der Waals surface area contributed by atoms with Crippen molar-refractivity contribution in [1.29, 1.82) is 0 Å². The number of benzene rings is 1. The summed E-state index contributed by atoms with van der Waals surface area (Å²) in [5.74, 6) is -4.34. The van der Waals surface area contributed by atoms with Gasteiger partial charge in [0.05, 0.1) is 17.4 Å². The van der Waals surface area contributed by atoms with Crippen LogP contribution in [-0.4, -0.2) is 29.2 Å². The van der Waals surface area contributed by atoms with Gasteiger partial charge in [0.25, 0.3) is 5.91 Å². The van der Waals surface area contributed by atoms with Crippen molar-refractivity contribution < 1.29 is 28.2 Å². The average Bonchev–Trinajstić information content (AvgIpc) is 2.79. The van der Waals surface area contributed by atoms with Gasteiger partial charge in [-0.05, 0) is 25.8 Å². The fraction of sp³-hybridized carbons (Fsp3) is 0.385. The van der Waals surface area contributed by atoms with E-state index in [9.17, 15) is 18.4 Å². The number of anilines is 1. The highest BCUT2D eigenvalue weighted by molar-refractivity contribution is 5.96. The average molecular weight is 285 g/mol. The second-order valence-corrected chi connectivity index (χ2v) is 4.62. The highest BCUT2D eigenvalue weighted by atomic mass is 19.1. The quantitative estimate of drug-likeness (QED) is 0.892. The number of halogens is 2. The molecule has 0 radical (unpaired) electrons. The first kappa shape index (κ1) is 14.4. The second kappa shape index (κ2) is 5.54. The summed E-state index contributed by atoms with van der Waals surface area (Å²) in [7, 11) is 0. The van der Waals surface area contributed by atoms with Crippen LogP contribution >= 0.6 is 0 Å². The molecule has 5 nitrogen and oxygen atoms in total. The predicted octanol–water partition coefficient (Wildman–Crippen LogP) is 2.17. The van der Waals surface area contributed by atoms with Crippen LogP contribution < -0.4 is 5.32 Å². The minimum absolute atomic E-state index is 0.0570. The van der Waals surface area contributed by atoms with Crippen molar-refractivity contribution in [2.24, 2.45) is 0 Å². The number of carboxylic acid groups (broad SMARTS) is 1. The van der Waals surface area contributed by atoms with Crippen LogP contribution in [0.2, 0.25) is 0 Å². The lowest BCUT2D eigenvalue weighted by Crippen LogP contribution is -2.28. The van der Waals surface area contributed by atoms with Gasteiger partial charge < -0.3 is 15.2 Å². The van der Waals surface area contributed by atoms with E-state index in [1.54, 1.807) is 0 Å². The van der Waals surface area contributed by atoms with E-state index in [1.807, 2.05) is 6.92 Å². The maximum Gasteiger partial charge on any atom is 0.338 e. The third kappa shape index (κ3) is 2.93. The summed E-state index contributed by atoms with van der Waals surface area (Å²) in [6.07, 6.45) is 0.451. The Hall–Kier alpha value is -2.02. The largest absolute Gasteiger partial charge is 0.478 e. The van der Waals surface area contributed by atoms with Gasteiger partial charge in [0.2, 0.25) is 0 Å². The number of aromatic carboxylic acids is 1. The standard InChI is InChI=1S/C13H13F2NO4/c1-6-2-3-11(20-6)12(17)16-10-4-7(13(18)19)8(14)5-9(10)15/h4-6,11H,2-3H2,1H3,(H,16,17)(H,18,19). The number of rotatable bonds is 3. The van der Waals surface area contributed by atoms with Gasteiger partial charge in [-0.2, -0.15) is 0 Å². The molecule has 0 saturated carbocycles. The number of carbonyl (C=O) groups is 2. The summed E-state index contributed by atoms with van der Waals surface area (Å²) in [5, 5.41) is 11.0. The summed E-state index contributed by atoms with van der Waals surface area (Å²) in [5.41, 5.74) is -1.08. The van der Waals surface area contributed by atoms with Crippen LogP contribution in [0.4, 0.5) is 14.5 Å². The van der Waals surface area contributed by atoms with Crippen molar-refractivity contribution in [1.82, 2.24) is 0 Å². The zero-order chi connectivity index (χ0) is 14.9. The number of hydrogen-bond acceptors (Lipinski definition) is 3. The Bertz CT molecular complexity index is 562. The zero-order valence-electron chi connectivity index (χ0n) is 10.7. The first-order valence-corrected chi connectivity index (χ1v) is 6.07. The van der Waals surface area contributed by atoms with Crippen molar-refractivity contribution in [3.63, 3.8) is 0 Å². The predicted molar refractivity (Wildman–Crippen MR) is 65.5 cm³/mol. The minimum Gasteiger partial charge on any atom is -0.478 e. The molecule has 1 aromatic carbocycles. The summed E-state index contributed by atoms with van der Waals surface area (Å²) in [4.78, 5) is 22.6. The molecule has 7 heteroatoms. The normalized spacial score (nSPS) is 21.8. The van der Waals surface area contributed by atoms with Gasteiger partial charge in [-0.25, -0.2) is 13.6 Å². The maximum atomic E-state index is 13.5. The Labute approximate surface area is 113 Å². The van der Waals surface area contributed by atoms with Gasteiger partial charge in [0, 0.05) is 6.07 Å². The van der Waals surface area contributed by atoms with Gasteiger partial charge in [-0.1, -0.05) is 0 Å². The summed E-state index contributed by atoms with van der Waals surface area (Å²) in [6, 6.07) is 1.18. The number of hydrogen-bond donors (Lipinski definition) is 2. The molecule has 108 valence electrons. The van der Waals surface area contributed by atoms with Crippen molar-refractivity contribution in [2.45, 2.75) is 32.0 Å². The van der Waals surface area contributed by atoms with Gasteiger partial charge in [0.15, 0.2) is 0 Å². The number of ether oxygens (including phenoxy) is 1. The van der Waals surface area contributed by atoms with Crippen molar-refractivity contribution in [3.05, 3.63) is 29.3 Å². The lowest BCUT2D eigenvalue weighted by Gasteiger charge is -2.13. The number of amides is 1. The lowest BCUT2D eigenvalue weighted by atomic mass is 10.1. The van der Waals surface area contributed by atoms with E-state index in [0.29, 0.717) is 18.9 Å². The second-order valence-electron chi connectivity index (χ2n) is 4.62. The van der Waals surface area contributed by atoms with Crippen LogP contribution in [0.1, 0.15) is 30.1 Å². The highest BCUT2D eigenvalue weighted by Gasteiger charge is 2.29. The first-order chi connectivity index (χ1) is 9.38.